The predicted octanol–water partition coefficient (Wildman–Crippen LogP) is -0.774. The smallest absolute Gasteiger partial charge is 0.252 e. The fraction of sp³-hybridized carbons (Fsp3) is 0.200. The van der Waals surface area contributed by atoms with Crippen molar-refractivity contribution in [2.24, 2.45) is 0 Å². The molecule has 0 spiro atoms. The summed E-state index contributed by atoms with van der Waals surface area (Å²) in [6, 6.07) is 2.29. The number of carbonyl (C=O) groups is 3. The van der Waals surface area contributed by atoms with Crippen molar-refractivity contribution in [1.29, 1.82) is 0 Å². The van der Waals surface area contributed by atoms with E-state index in [2.05, 4.69) is 15.6 Å². The summed E-state index contributed by atoms with van der Waals surface area (Å²) in [6.07, 6.45) is 2.96. The molecule has 0 aliphatic carbocycles. The van der Waals surface area contributed by atoms with Crippen LogP contribution in [0.5, 0.6) is 0 Å². The lowest BCUT2D eigenvalue weighted by Gasteiger charge is -2.08. The molecule has 2 heterocycles. The molecule has 1 atom stereocenters. The van der Waals surface area contributed by atoms with Gasteiger partial charge in [0.25, 0.3) is 5.91 Å². The monoisotopic (exact) mass is 219 g/mol. The van der Waals surface area contributed by atoms with Gasteiger partial charge in [-0.05, 0) is 12.1 Å². The minimum atomic E-state index is -0.770. The molecular weight excluding hydrogens is 210 g/mol. The fourth-order valence-electron chi connectivity index (χ4n) is 1.42. The third-order valence-corrected chi connectivity index (χ3v) is 2.22. The second kappa shape index (κ2) is 4.09. The van der Waals surface area contributed by atoms with Crippen molar-refractivity contribution in [2.45, 2.75) is 12.5 Å². The van der Waals surface area contributed by atoms with Crippen LogP contribution in [-0.2, 0) is 9.59 Å². The molecule has 1 aliphatic heterocycles. The highest BCUT2D eigenvalue weighted by atomic mass is 16.2. The van der Waals surface area contributed by atoms with Gasteiger partial charge in [0.05, 0.1) is 6.42 Å². The lowest BCUT2D eigenvalue weighted by Crippen LogP contribution is -2.40. The highest BCUT2D eigenvalue weighted by Gasteiger charge is 2.31. The number of hydrogen-bond acceptors (Lipinski definition) is 4. The van der Waals surface area contributed by atoms with Crippen LogP contribution in [0.4, 0.5) is 0 Å². The highest BCUT2D eigenvalue weighted by molar-refractivity contribution is 6.08. The van der Waals surface area contributed by atoms with Crippen LogP contribution in [0.1, 0.15) is 16.8 Å². The van der Waals surface area contributed by atoms with Crippen molar-refractivity contribution >= 4 is 17.7 Å². The zero-order chi connectivity index (χ0) is 11.5. The number of imide groups is 1. The number of aromatic nitrogens is 1. The zero-order valence-corrected chi connectivity index (χ0v) is 8.27. The SMILES string of the molecule is O=C1CC(NC(=O)c2ccncc2)C(=O)N1. The van der Waals surface area contributed by atoms with Gasteiger partial charge >= 0.3 is 0 Å². The molecule has 1 saturated heterocycles. The summed E-state index contributed by atoms with van der Waals surface area (Å²) in [5, 5.41) is 4.59. The largest absolute Gasteiger partial charge is 0.340 e. The molecule has 0 bridgehead atoms. The maximum Gasteiger partial charge on any atom is 0.252 e. The van der Waals surface area contributed by atoms with Crippen molar-refractivity contribution in [2.75, 3.05) is 0 Å². The van der Waals surface area contributed by atoms with E-state index in [1.807, 2.05) is 0 Å². The Bertz CT molecular complexity index is 444. The Balaban J connectivity index is 2.03. The number of nitrogens with one attached hydrogen (secondary N) is 2. The van der Waals surface area contributed by atoms with Gasteiger partial charge in [0.15, 0.2) is 0 Å². The maximum absolute atomic E-state index is 11.6. The molecule has 1 aromatic rings. The van der Waals surface area contributed by atoms with Crippen molar-refractivity contribution in [3.63, 3.8) is 0 Å². The summed E-state index contributed by atoms with van der Waals surface area (Å²) >= 11 is 0. The van der Waals surface area contributed by atoms with E-state index < -0.39 is 17.9 Å². The molecule has 1 unspecified atom stereocenters. The van der Waals surface area contributed by atoms with E-state index in [4.69, 9.17) is 0 Å². The van der Waals surface area contributed by atoms with E-state index >= 15 is 0 Å². The lowest BCUT2D eigenvalue weighted by atomic mass is 10.2. The second-order valence-electron chi connectivity index (χ2n) is 3.38. The van der Waals surface area contributed by atoms with Crippen LogP contribution in [0.3, 0.4) is 0 Å². The molecule has 2 N–H and O–H groups in total. The number of rotatable bonds is 2. The summed E-state index contributed by atoms with van der Waals surface area (Å²) in [4.78, 5) is 37.5. The van der Waals surface area contributed by atoms with Gasteiger partial charge in [-0.2, -0.15) is 0 Å². The van der Waals surface area contributed by atoms with Gasteiger partial charge < -0.3 is 5.32 Å². The Labute approximate surface area is 91.1 Å². The Morgan fingerprint density at radius 3 is 2.62 bits per heavy atom. The molecule has 6 heteroatoms. The molecule has 2 rings (SSSR count). The third kappa shape index (κ3) is 2.05. The van der Waals surface area contributed by atoms with Gasteiger partial charge in [-0.15, -0.1) is 0 Å². The van der Waals surface area contributed by atoms with Crippen LogP contribution in [-0.4, -0.2) is 28.7 Å². The quantitative estimate of drug-likeness (QED) is 0.639. The van der Waals surface area contributed by atoms with Gasteiger partial charge in [-0.25, -0.2) is 0 Å². The lowest BCUT2D eigenvalue weighted by molar-refractivity contribution is -0.125. The molecule has 1 fully saturated rings. The second-order valence-corrected chi connectivity index (χ2v) is 3.38. The Morgan fingerprint density at radius 2 is 2.06 bits per heavy atom. The van der Waals surface area contributed by atoms with E-state index in [1.54, 1.807) is 0 Å². The first kappa shape index (κ1) is 10.3. The molecule has 1 aliphatic rings. The van der Waals surface area contributed by atoms with Gasteiger partial charge in [-0.3, -0.25) is 24.7 Å². The number of hydrogen-bond donors (Lipinski definition) is 2. The summed E-state index contributed by atoms with van der Waals surface area (Å²) in [5.41, 5.74) is 0.405. The zero-order valence-electron chi connectivity index (χ0n) is 8.27. The van der Waals surface area contributed by atoms with E-state index in [-0.39, 0.29) is 12.3 Å². The topological polar surface area (TPSA) is 88.2 Å². The van der Waals surface area contributed by atoms with Gasteiger partial charge in [0.1, 0.15) is 6.04 Å². The maximum atomic E-state index is 11.6. The van der Waals surface area contributed by atoms with E-state index in [1.165, 1.54) is 24.5 Å². The molecule has 3 amide bonds. The molecule has 0 radical (unpaired) electrons. The average molecular weight is 219 g/mol. The van der Waals surface area contributed by atoms with Crippen molar-refractivity contribution in [3.8, 4) is 0 Å². The van der Waals surface area contributed by atoms with Crippen molar-refractivity contribution < 1.29 is 14.4 Å². The minimum Gasteiger partial charge on any atom is -0.340 e. The first-order chi connectivity index (χ1) is 7.66. The van der Waals surface area contributed by atoms with Gasteiger partial charge in [0.2, 0.25) is 11.8 Å². The highest BCUT2D eigenvalue weighted by Crippen LogP contribution is 2.03. The van der Waals surface area contributed by atoms with E-state index in [0.29, 0.717) is 5.56 Å². The van der Waals surface area contributed by atoms with E-state index in [9.17, 15) is 14.4 Å². The molecule has 82 valence electrons. The van der Waals surface area contributed by atoms with Crippen LogP contribution < -0.4 is 10.6 Å². The molecule has 1 aromatic heterocycles. The summed E-state index contributed by atoms with van der Waals surface area (Å²) < 4.78 is 0. The molecular formula is C10H9N3O3. The van der Waals surface area contributed by atoms with Gasteiger partial charge in [0, 0.05) is 18.0 Å². The van der Waals surface area contributed by atoms with Gasteiger partial charge in [-0.1, -0.05) is 0 Å². The van der Waals surface area contributed by atoms with Crippen LogP contribution in [0.25, 0.3) is 0 Å². The van der Waals surface area contributed by atoms with Crippen LogP contribution in [0.2, 0.25) is 0 Å². The average Bonchev–Trinajstić information content (AvgIpc) is 2.59. The minimum absolute atomic E-state index is 0.00431. The molecule has 16 heavy (non-hydrogen) atoms. The Hall–Kier alpha value is -2.24. The third-order valence-electron chi connectivity index (χ3n) is 2.22. The Morgan fingerprint density at radius 1 is 1.38 bits per heavy atom. The van der Waals surface area contributed by atoms with E-state index in [0.717, 1.165) is 0 Å². The summed E-state index contributed by atoms with van der Waals surface area (Å²) in [5.74, 6) is -1.23. The summed E-state index contributed by atoms with van der Waals surface area (Å²) in [6.45, 7) is 0. The number of pyridine rings is 1. The number of carbonyl (C=O) groups excluding carboxylic acids is 3. The normalized spacial score (nSPS) is 19.4. The predicted molar refractivity (Wildman–Crippen MR) is 53.3 cm³/mol. The fourth-order valence-corrected chi connectivity index (χ4v) is 1.42. The standard InChI is InChI=1S/C10H9N3O3/c14-8-5-7(10(16)13-8)12-9(15)6-1-3-11-4-2-6/h1-4,7H,5H2,(H,12,15)(H,13,14,16). The molecule has 0 saturated carbocycles. The number of amides is 3. The van der Waals surface area contributed by atoms with Crippen LogP contribution in [0, 0.1) is 0 Å². The molecule has 0 aromatic carbocycles. The first-order valence-corrected chi connectivity index (χ1v) is 4.71. The van der Waals surface area contributed by atoms with Crippen LogP contribution in [0.15, 0.2) is 24.5 Å². The molecule has 6 nitrogen and oxygen atoms in total. The Kier molecular flexibility index (Phi) is 2.63. The van der Waals surface area contributed by atoms with Crippen molar-refractivity contribution in [3.05, 3.63) is 30.1 Å². The summed E-state index contributed by atoms with van der Waals surface area (Å²) in [7, 11) is 0. The number of nitrogens with zero attached hydrogens (tertiary/aromatic N) is 1. The van der Waals surface area contributed by atoms with Crippen molar-refractivity contribution in [1.82, 2.24) is 15.6 Å². The first-order valence-electron chi connectivity index (χ1n) is 4.71. The van der Waals surface area contributed by atoms with Crippen LogP contribution >= 0.6 is 0 Å².